The van der Waals surface area contributed by atoms with Crippen LogP contribution in [0, 0.1) is 18.8 Å². The fourth-order valence-electron chi connectivity index (χ4n) is 11.9. The van der Waals surface area contributed by atoms with Crippen molar-refractivity contribution in [2.24, 2.45) is 11.8 Å². The van der Waals surface area contributed by atoms with E-state index in [0.717, 1.165) is 106 Å². The van der Waals surface area contributed by atoms with E-state index in [4.69, 9.17) is 52.1 Å². The Morgan fingerprint density at radius 1 is 0.685 bits per heavy atom. The summed E-state index contributed by atoms with van der Waals surface area (Å²) in [6.07, 6.45) is 27.5. The molecular weight excluding hydrogens is 1200 g/mol. The van der Waals surface area contributed by atoms with E-state index in [1.54, 1.807) is 24.9 Å². The first-order valence-electron chi connectivity index (χ1n) is 34.6. The van der Waals surface area contributed by atoms with Crippen molar-refractivity contribution in [3.05, 3.63) is 77.4 Å². The molecule has 1 amide bonds. The molecular formula is C72H114N2O17S. The van der Waals surface area contributed by atoms with Crippen LogP contribution in [0.1, 0.15) is 165 Å². The Kier molecular flexibility index (Phi) is 42.4. The minimum absolute atomic E-state index is 0.0286. The molecule has 0 aromatic heterocycles. The van der Waals surface area contributed by atoms with E-state index in [2.05, 4.69) is 11.4 Å². The lowest BCUT2D eigenvalue weighted by molar-refractivity contribution is -0.169. The van der Waals surface area contributed by atoms with Gasteiger partial charge in [0.2, 0.25) is 5.78 Å². The molecule has 0 radical (unpaired) electrons. The number of carbonyl (C=O) groups is 5. The van der Waals surface area contributed by atoms with Crippen molar-refractivity contribution in [3.8, 4) is 0 Å². The molecule has 20 heteroatoms. The number of hydrogen-bond donors (Lipinski definition) is 2. The number of aliphatic hydroxyl groups is 1. The Balaban J connectivity index is 0.882. The van der Waals surface area contributed by atoms with Gasteiger partial charge in [-0.1, -0.05) is 55.5 Å². The van der Waals surface area contributed by atoms with E-state index in [1.807, 2.05) is 69.4 Å². The van der Waals surface area contributed by atoms with Gasteiger partial charge in [-0.25, -0.2) is 4.79 Å². The summed E-state index contributed by atoms with van der Waals surface area (Å²) >= 11 is 1.80. The molecule has 1 aromatic carbocycles. The summed E-state index contributed by atoms with van der Waals surface area (Å²) in [5.74, 6) is -0.348. The number of ketones is 2. The van der Waals surface area contributed by atoms with Crippen LogP contribution in [-0.2, 0) is 71.3 Å². The molecule has 0 spiro atoms. The van der Waals surface area contributed by atoms with Crippen molar-refractivity contribution in [2.45, 2.75) is 203 Å². The molecule has 3 aliphatic heterocycles. The predicted molar refractivity (Wildman–Crippen MR) is 357 cm³/mol. The zero-order valence-electron chi connectivity index (χ0n) is 56.2. The molecule has 2 saturated heterocycles. The Bertz CT molecular complexity index is 2330. The highest BCUT2D eigenvalue weighted by atomic mass is 32.2. The molecule has 3 fully saturated rings. The van der Waals surface area contributed by atoms with Crippen molar-refractivity contribution in [2.75, 3.05) is 132 Å². The number of aryl methyl sites for hydroxylation is 1. The second-order valence-electron chi connectivity index (χ2n) is 24.8. The van der Waals surface area contributed by atoms with E-state index in [-0.39, 0.29) is 36.4 Å². The lowest BCUT2D eigenvalue weighted by atomic mass is 9.82. The van der Waals surface area contributed by atoms with Gasteiger partial charge in [-0.2, -0.15) is 0 Å². The number of rotatable bonds is 36. The highest BCUT2D eigenvalue weighted by molar-refractivity contribution is 7.99. The number of esters is 1. The summed E-state index contributed by atoms with van der Waals surface area (Å²) in [4.78, 5) is 68.9. The molecule has 19 nitrogen and oxygen atoms in total. The van der Waals surface area contributed by atoms with Crippen molar-refractivity contribution in [1.29, 1.82) is 0 Å². The minimum atomic E-state index is -0.907. The number of unbranched alkanes of at least 4 members (excludes halogenated alkanes) is 1. The molecule has 2 N–H and O–H groups in total. The number of Topliss-reactive ketones (excluding diaryl/α,β-unsaturated/α-hetero) is 2. The van der Waals surface area contributed by atoms with Crippen LogP contribution in [-0.4, -0.2) is 214 Å². The number of cyclic esters (lactones) is 1. The number of aldehydes is 1. The molecule has 5 unspecified atom stereocenters. The lowest BCUT2D eigenvalue weighted by Gasteiger charge is -2.38. The average molecular weight is 1310 g/mol. The molecule has 520 valence electrons. The van der Waals surface area contributed by atoms with Gasteiger partial charge in [-0.3, -0.25) is 19.2 Å². The van der Waals surface area contributed by atoms with Gasteiger partial charge in [0.1, 0.15) is 30.3 Å². The number of piperidine rings is 1. The summed E-state index contributed by atoms with van der Waals surface area (Å²) in [5.41, 5.74) is 2.76. The highest BCUT2D eigenvalue weighted by Crippen LogP contribution is 2.33. The topological polar surface area (TPSA) is 222 Å². The van der Waals surface area contributed by atoms with Gasteiger partial charge in [-0.05, 0) is 170 Å². The van der Waals surface area contributed by atoms with Gasteiger partial charge in [0.25, 0.3) is 5.91 Å². The van der Waals surface area contributed by atoms with Crippen molar-refractivity contribution < 1.29 is 81.2 Å². The first-order valence-corrected chi connectivity index (χ1v) is 35.6. The highest BCUT2D eigenvalue weighted by Gasteiger charge is 2.43. The number of allylic oxidation sites excluding steroid dienone is 6. The molecule has 4 aliphatic rings. The van der Waals surface area contributed by atoms with Crippen LogP contribution in [0.4, 0.5) is 0 Å². The minimum Gasteiger partial charge on any atom is -0.461 e. The molecule has 5 rings (SSSR count). The number of aliphatic hydroxyl groups excluding tert-OH is 1. The summed E-state index contributed by atoms with van der Waals surface area (Å²) in [6, 6.07) is 5.52. The van der Waals surface area contributed by atoms with Gasteiger partial charge in [0.05, 0.1) is 117 Å². The van der Waals surface area contributed by atoms with E-state index in [9.17, 15) is 29.1 Å². The number of benzene rings is 1. The van der Waals surface area contributed by atoms with Crippen molar-refractivity contribution >= 4 is 41.5 Å². The number of carbonyl (C=O) groups excluding carboxylic acids is 5. The second kappa shape index (κ2) is 49.5. The molecule has 2 bridgehead atoms. The van der Waals surface area contributed by atoms with E-state index < -0.39 is 35.9 Å². The van der Waals surface area contributed by atoms with Crippen LogP contribution in [0.5, 0.6) is 0 Å². The standard InChI is InChI=1S/C72H114N2O17S/c1-56-18-10-7-5-6-8-11-19-62(76)53-63(77)20-12-9-13-21-64(91-72(80)67-22-14-15-34-74(67)71(79)69(78)70-57(2)23-30-65(90-70)54-68(56)81-4)31-26-59-24-28-61(29-25-59)73-33-36-83-38-40-85-42-44-87-46-48-89-50-49-88-47-45-86-43-41-84-39-37-82-35-16-17-51-92-66-32-27-60(55-75)58(3)52-66/h5-7,10,12,18,20,27,32,52,55,57,59,61,63-65,67-68,70,73,77H,8-9,11,13-17,19,21-26,28-31,33-51,53-54H2,1-4H3/b6-5+,10-7+,20-12+,56-18+/t57-,59?,61?,63?,64?,65+,67?,68?,70?/m1/s1. The Morgan fingerprint density at radius 3 is 1.97 bits per heavy atom. The van der Waals surface area contributed by atoms with E-state index >= 15 is 0 Å². The van der Waals surface area contributed by atoms with E-state index in [1.165, 1.54) is 9.80 Å². The number of hydrogen-bond acceptors (Lipinski definition) is 19. The molecule has 1 saturated carbocycles. The number of amides is 1. The third-order valence-electron chi connectivity index (χ3n) is 17.4. The number of methoxy groups -OCH3 is 1. The molecule has 92 heavy (non-hydrogen) atoms. The predicted octanol–water partition coefficient (Wildman–Crippen LogP) is 10.5. The number of fused-ring (bicyclic) bond motifs is 3. The molecule has 3 heterocycles. The fourth-order valence-corrected chi connectivity index (χ4v) is 12.9. The Morgan fingerprint density at radius 2 is 1.33 bits per heavy atom. The summed E-state index contributed by atoms with van der Waals surface area (Å²) in [7, 11) is 1.66. The number of thioether (sulfide) groups is 1. The van der Waals surface area contributed by atoms with Gasteiger partial charge in [0.15, 0.2) is 0 Å². The van der Waals surface area contributed by atoms with Crippen LogP contribution in [0.25, 0.3) is 0 Å². The fraction of sp³-hybridized carbons (Fsp3) is 0.736. The van der Waals surface area contributed by atoms with Crippen LogP contribution in [0.2, 0.25) is 0 Å². The van der Waals surface area contributed by atoms with Gasteiger partial charge in [-0.15, -0.1) is 11.8 Å². The van der Waals surface area contributed by atoms with Gasteiger partial charge in [0, 0.05) is 62.6 Å². The SMILES string of the molecule is COC1C[C@@H]2CC[C@@H](C)C(O2)C(=O)C(=O)N2CCCCC2C(=O)OC(CCC2CCC(NCCOCCOCCOCCOCCOCCOCCOCCOCCCCSc3ccc(C=O)c(C)c3)CC2)CCC/C=C/C(O)CC(=O)CCC/C=C/C=C/C=C/1C. The van der Waals surface area contributed by atoms with Gasteiger partial charge >= 0.3 is 5.97 Å². The number of ether oxygens (including phenoxy) is 11. The number of nitrogens with zero attached hydrogens (tertiary/aromatic N) is 1. The Hall–Kier alpha value is -4.00. The normalized spacial score (nSPS) is 26.4. The van der Waals surface area contributed by atoms with Crippen molar-refractivity contribution in [1.82, 2.24) is 10.2 Å². The third-order valence-corrected chi connectivity index (χ3v) is 18.5. The molecule has 7 atom stereocenters. The number of nitrogens with one attached hydrogen (secondary N) is 1. The van der Waals surface area contributed by atoms with E-state index in [0.29, 0.717) is 182 Å². The van der Waals surface area contributed by atoms with Crippen LogP contribution in [0.3, 0.4) is 0 Å². The maximum atomic E-state index is 14.2. The summed E-state index contributed by atoms with van der Waals surface area (Å²) in [5, 5.41) is 14.3. The second-order valence-corrected chi connectivity index (χ2v) is 25.9. The van der Waals surface area contributed by atoms with Crippen LogP contribution < -0.4 is 5.32 Å². The first kappa shape index (κ1) is 78.7. The molecule has 1 aromatic rings. The first-order chi connectivity index (χ1) is 44.9. The lowest BCUT2D eigenvalue weighted by Crippen LogP contribution is -2.55. The van der Waals surface area contributed by atoms with Crippen LogP contribution >= 0.6 is 11.8 Å². The zero-order valence-corrected chi connectivity index (χ0v) is 57.0. The zero-order chi connectivity index (χ0) is 65.6. The van der Waals surface area contributed by atoms with Gasteiger partial charge < -0.3 is 67.4 Å². The Labute approximate surface area is 554 Å². The smallest absolute Gasteiger partial charge is 0.329 e. The molecule has 1 aliphatic carbocycles. The largest absolute Gasteiger partial charge is 0.461 e. The van der Waals surface area contributed by atoms with Crippen molar-refractivity contribution in [3.63, 3.8) is 0 Å². The summed E-state index contributed by atoms with van der Waals surface area (Å²) < 4.78 is 63.8. The van der Waals surface area contributed by atoms with Crippen LogP contribution in [0.15, 0.2) is 71.2 Å². The third kappa shape index (κ3) is 33.6. The summed E-state index contributed by atoms with van der Waals surface area (Å²) in [6.45, 7) is 15.3. The monoisotopic (exact) mass is 1310 g/mol. The maximum Gasteiger partial charge on any atom is 0.329 e. The maximum absolute atomic E-state index is 14.2. The average Bonchev–Trinajstić information content (AvgIpc) is 1.03. The quantitative estimate of drug-likeness (QED) is 0.0159.